The molecule has 1 aromatic heterocycles. The molecule has 1 aliphatic heterocycles. The minimum absolute atomic E-state index is 0.548. The molecule has 1 saturated carbocycles. The molecule has 0 bridgehead atoms. The van der Waals surface area contributed by atoms with Crippen LogP contribution < -0.4 is 4.90 Å². The van der Waals surface area contributed by atoms with Gasteiger partial charge in [-0.15, -0.1) is 0 Å². The van der Waals surface area contributed by atoms with Gasteiger partial charge in [-0.2, -0.15) is 0 Å². The highest BCUT2D eigenvalue weighted by Gasteiger charge is 2.37. The van der Waals surface area contributed by atoms with E-state index >= 15 is 0 Å². The highest BCUT2D eigenvalue weighted by molar-refractivity contribution is 7.99. The first-order chi connectivity index (χ1) is 15.1. The van der Waals surface area contributed by atoms with E-state index in [1.807, 2.05) is 36.5 Å². The van der Waals surface area contributed by atoms with Crippen molar-refractivity contribution in [3.63, 3.8) is 0 Å². The molecule has 3 nitrogen and oxygen atoms in total. The molecular formula is C25H25Cl2N3S. The lowest BCUT2D eigenvalue weighted by atomic mass is 9.77. The van der Waals surface area contributed by atoms with Gasteiger partial charge in [0, 0.05) is 23.5 Å². The molecule has 0 amide bonds. The Bertz CT molecular complexity index is 1060. The standard InChI is InChI=1S/C25H25Cl2N3S/c26-19-9-6-10-20(22(19)27)31-24-23(18-7-2-1-3-8-18)29-21(17-28-24)30-15-13-25(14-16-30)11-4-5-12-25/h1-3,6-10,17H,4-5,11-16H2. The topological polar surface area (TPSA) is 29.0 Å². The van der Waals surface area contributed by atoms with Gasteiger partial charge in [0.25, 0.3) is 0 Å². The molecule has 31 heavy (non-hydrogen) atoms. The van der Waals surface area contributed by atoms with Gasteiger partial charge >= 0.3 is 0 Å². The van der Waals surface area contributed by atoms with E-state index in [0.717, 1.165) is 40.1 Å². The van der Waals surface area contributed by atoms with Crippen LogP contribution in [0.3, 0.4) is 0 Å². The van der Waals surface area contributed by atoms with Crippen LogP contribution in [0, 0.1) is 5.41 Å². The number of halogens is 2. The Balaban J connectivity index is 1.46. The lowest BCUT2D eigenvalue weighted by Gasteiger charge is -2.40. The second-order valence-corrected chi connectivity index (χ2v) is 10.4. The molecule has 1 aliphatic carbocycles. The number of hydrogen-bond acceptors (Lipinski definition) is 4. The van der Waals surface area contributed by atoms with Crippen LogP contribution >= 0.6 is 35.0 Å². The van der Waals surface area contributed by atoms with Crippen LogP contribution in [0.15, 0.2) is 64.6 Å². The highest BCUT2D eigenvalue weighted by atomic mass is 35.5. The molecule has 1 spiro atoms. The first-order valence-corrected chi connectivity index (χ1v) is 12.5. The second kappa shape index (κ2) is 9.01. The summed E-state index contributed by atoms with van der Waals surface area (Å²) in [5.74, 6) is 0.966. The SMILES string of the molecule is Clc1cccc(Sc2ncc(N3CCC4(CCCC4)CC3)nc2-c2ccccc2)c1Cl. The maximum absolute atomic E-state index is 6.44. The summed E-state index contributed by atoms with van der Waals surface area (Å²) in [6.07, 6.45) is 10.1. The fourth-order valence-corrected chi connectivity index (χ4v) is 6.27. The van der Waals surface area contributed by atoms with Gasteiger partial charge in [0.1, 0.15) is 16.5 Å². The van der Waals surface area contributed by atoms with Gasteiger partial charge in [0.15, 0.2) is 0 Å². The van der Waals surface area contributed by atoms with Gasteiger partial charge in [0.2, 0.25) is 0 Å². The van der Waals surface area contributed by atoms with Crippen molar-refractivity contribution in [2.75, 3.05) is 18.0 Å². The van der Waals surface area contributed by atoms with Crippen LogP contribution in [0.2, 0.25) is 10.0 Å². The summed E-state index contributed by atoms with van der Waals surface area (Å²) in [7, 11) is 0. The number of piperidine rings is 1. The van der Waals surface area contributed by atoms with E-state index < -0.39 is 0 Å². The normalized spacial score (nSPS) is 17.9. The van der Waals surface area contributed by atoms with Gasteiger partial charge in [0.05, 0.1) is 16.2 Å². The molecule has 2 fully saturated rings. The minimum Gasteiger partial charge on any atom is -0.355 e. The fraction of sp³-hybridized carbons (Fsp3) is 0.360. The van der Waals surface area contributed by atoms with Gasteiger partial charge in [-0.1, -0.05) is 84.2 Å². The van der Waals surface area contributed by atoms with E-state index in [-0.39, 0.29) is 0 Å². The minimum atomic E-state index is 0.548. The lowest BCUT2D eigenvalue weighted by Crippen LogP contribution is -2.39. The Morgan fingerprint density at radius 2 is 1.61 bits per heavy atom. The number of hydrogen-bond donors (Lipinski definition) is 0. The zero-order valence-electron chi connectivity index (χ0n) is 17.4. The number of nitrogens with zero attached hydrogens (tertiary/aromatic N) is 3. The third-order valence-corrected chi connectivity index (χ3v) is 8.69. The molecule has 0 N–H and O–H groups in total. The number of aromatic nitrogens is 2. The van der Waals surface area contributed by atoms with E-state index in [4.69, 9.17) is 33.2 Å². The van der Waals surface area contributed by atoms with E-state index in [0.29, 0.717) is 15.5 Å². The maximum Gasteiger partial charge on any atom is 0.147 e. The predicted molar refractivity (Wildman–Crippen MR) is 130 cm³/mol. The predicted octanol–water partition coefficient (Wildman–Crippen LogP) is 7.76. The monoisotopic (exact) mass is 469 g/mol. The van der Waals surface area contributed by atoms with Gasteiger partial charge in [-0.05, 0) is 43.2 Å². The summed E-state index contributed by atoms with van der Waals surface area (Å²) in [6, 6.07) is 15.9. The Morgan fingerprint density at radius 1 is 0.871 bits per heavy atom. The van der Waals surface area contributed by atoms with E-state index in [1.165, 1.54) is 50.3 Å². The van der Waals surface area contributed by atoms with Crippen molar-refractivity contribution in [1.29, 1.82) is 0 Å². The number of rotatable bonds is 4. The van der Waals surface area contributed by atoms with Crippen LogP contribution in [0.1, 0.15) is 38.5 Å². The molecule has 5 rings (SSSR count). The quantitative estimate of drug-likeness (QED) is 0.390. The lowest BCUT2D eigenvalue weighted by molar-refractivity contribution is 0.226. The molecule has 1 saturated heterocycles. The van der Waals surface area contributed by atoms with Crippen molar-refractivity contribution in [2.45, 2.75) is 48.4 Å². The Hall–Kier alpha value is -1.75. The van der Waals surface area contributed by atoms with Gasteiger partial charge < -0.3 is 4.90 Å². The second-order valence-electron chi connectivity index (χ2n) is 8.60. The molecule has 0 radical (unpaired) electrons. The molecule has 0 unspecified atom stereocenters. The Morgan fingerprint density at radius 3 is 2.35 bits per heavy atom. The summed E-state index contributed by atoms with van der Waals surface area (Å²) < 4.78 is 0. The summed E-state index contributed by atoms with van der Waals surface area (Å²) in [4.78, 5) is 13.2. The fourth-order valence-electron chi connectivity index (χ4n) is 4.88. The average Bonchev–Trinajstić information content (AvgIpc) is 3.26. The first-order valence-electron chi connectivity index (χ1n) is 10.9. The molecule has 2 aromatic carbocycles. The van der Waals surface area contributed by atoms with Gasteiger partial charge in [-0.3, -0.25) is 0 Å². The smallest absolute Gasteiger partial charge is 0.147 e. The Labute approximate surface area is 198 Å². The van der Waals surface area contributed by atoms with Crippen LogP contribution in [-0.4, -0.2) is 23.1 Å². The molecular weight excluding hydrogens is 445 g/mol. The van der Waals surface area contributed by atoms with Gasteiger partial charge in [-0.25, -0.2) is 9.97 Å². The van der Waals surface area contributed by atoms with Crippen molar-refractivity contribution in [2.24, 2.45) is 5.41 Å². The van der Waals surface area contributed by atoms with Crippen LogP contribution in [-0.2, 0) is 0 Å². The summed E-state index contributed by atoms with van der Waals surface area (Å²) in [6.45, 7) is 2.13. The van der Waals surface area contributed by atoms with Crippen molar-refractivity contribution in [1.82, 2.24) is 9.97 Å². The summed E-state index contributed by atoms with van der Waals surface area (Å²) >= 11 is 14.2. The average molecular weight is 470 g/mol. The van der Waals surface area contributed by atoms with E-state index in [2.05, 4.69) is 17.0 Å². The molecule has 2 aliphatic rings. The van der Waals surface area contributed by atoms with Crippen LogP contribution in [0.25, 0.3) is 11.3 Å². The maximum atomic E-state index is 6.44. The molecule has 0 atom stereocenters. The number of benzene rings is 2. The molecule has 2 heterocycles. The highest BCUT2D eigenvalue weighted by Crippen LogP contribution is 2.47. The van der Waals surface area contributed by atoms with E-state index in [1.54, 1.807) is 6.07 Å². The van der Waals surface area contributed by atoms with Crippen LogP contribution in [0.4, 0.5) is 5.82 Å². The molecule has 160 valence electrons. The van der Waals surface area contributed by atoms with Crippen molar-refractivity contribution < 1.29 is 0 Å². The Kier molecular flexibility index (Phi) is 6.14. The third kappa shape index (κ3) is 4.44. The van der Waals surface area contributed by atoms with Crippen molar-refractivity contribution in [3.8, 4) is 11.3 Å². The van der Waals surface area contributed by atoms with Crippen LogP contribution in [0.5, 0.6) is 0 Å². The number of anilines is 1. The van der Waals surface area contributed by atoms with E-state index in [9.17, 15) is 0 Å². The first kappa shape index (κ1) is 21.1. The largest absolute Gasteiger partial charge is 0.355 e. The van der Waals surface area contributed by atoms with Crippen molar-refractivity contribution in [3.05, 3.63) is 64.8 Å². The molecule has 6 heteroatoms. The zero-order valence-corrected chi connectivity index (χ0v) is 19.7. The van der Waals surface area contributed by atoms with Crippen molar-refractivity contribution >= 4 is 40.8 Å². The summed E-state index contributed by atoms with van der Waals surface area (Å²) in [5.41, 5.74) is 2.53. The summed E-state index contributed by atoms with van der Waals surface area (Å²) in [5, 5.41) is 1.94. The molecule has 3 aromatic rings. The third-order valence-electron chi connectivity index (χ3n) is 6.71. The zero-order chi connectivity index (χ0) is 21.3.